The topological polar surface area (TPSA) is 26.3 Å². The molecular weight excluding hydrogens is 351 g/mol. The lowest BCUT2D eigenvalue weighted by Crippen LogP contribution is -2.01. The van der Waals surface area contributed by atoms with Crippen LogP contribution in [-0.4, -0.2) is 12.9 Å². The molecular formula is C25H25FO2. The van der Waals surface area contributed by atoms with E-state index in [0.29, 0.717) is 24.2 Å². The molecule has 0 unspecified atom stereocenters. The Kier molecular flexibility index (Phi) is 6.96. The molecule has 3 aromatic carbocycles. The maximum absolute atomic E-state index is 13.9. The van der Waals surface area contributed by atoms with Crippen LogP contribution in [0.15, 0.2) is 72.8 Å². The van der Waals surface area contributed by atoms with Gasteiger partial charge in [0.05, 0.1) is 7.11 Å². The number of carbonyl (C=O) groups excluding carboxylic acids is 1. The van der Waals surface area contributed by atoms with E-state index in [2.05, 4.69) is 0 Å². The Morgan fingerprint density at radius 2 is 1.46 bits per heavy atom. The van der Waals surface area contributed by atoms with E-state index in [-0.39, 0.29) is 5.82 Å². The molecule has 144 valence electrons. The van der Waals surface area contributed by atoms with Crippen LogP contribution in [0, 0.1) is 5.82 Å². The molecule has 0 radical (unpaired) electrons. The Labute approximate surface area is 166 Å². The molecule has 0 aromatic heterocycles. The fraction of sp³-hybridized carbons (Fsp3) is 0.240. The fourth-order valence-corrected chi connectivity index (χ4v) is 3.24. The third-order valence-corrected chi connectivity index (χ3v) is 4.91. The van der Waals surface area contributed by atoms with Gasteiger partial charge >= 0.3 is 0 Å². The zero-order valence-electron chi connectivity index (χ0n) is 16.2. The van der Waals surface area contributed by atoms with Crippen LogP contribution < -0.4 is 4.74 Å². The fourth-order valence-electron chi connectivity index (χ4n) is 3.24. The lowest BCUT2D eigenvalue weighted by Gasteiger charge is -2.06. The minimum atomic E-state index is -0.210. The first-order valence-electron chi connectivity index (χ1n) is 9.64. The molecule has 0 amide bonds. The van der Waals surface area contributed by atoms with Crippen LogP contribution in [0.2, 0.25) is 0 Å². The molecule has 0 bridgehead atoms. The van der Waals surface area contributed by atoms with Crippen molar-refractivity contribution in [3.05, 3.63) is 89.7 Å². The zero-order chi connectivity index (χ0) is 19.8. The van der Waals surface area contributed by atoms with Gasteiger partial charge in [-0.3, -0.25) is 4.79 Å². The molecule has 2 nitrogen and oxygen atoms in total. The van der Waals surface area contributed by atoms with Crippen molar-refractivity contribution in [1.82, 2.24) is 0 Å². The number of Topliss-reactive ketones (excluding diaryl/α,β-unsaturated/α-hetero) is 1. The first kappa shape index (κ1) is 19.8. The van der Waals surface area contributed by atoms with E-state index in [1.54, 1.807) is 19.2 Å². The largest absolute Gasteiger partial charge is 0.497 e. The molecule has 0 aliphatic rings. The second-order valence-corrected chi connectivity index (χ2v) is 6.92. The number of hydrogen-bond donors (Lipinski definition) is 0. The summed E-state index contributed by atoms with van der Waals surface area (Å²) in [6, 6.07) is 22.6. The summed E-state index contributed by atoms with van der Waals surface area (Å²) < 4.78 is 19.0. The average molecular weight is 376 g/mol. The minimum Gasteiger partial charge on any atom is -0.497 e. The van der Waals surface area contributed by atoms with Gasteiger partial charge in [0.15, 0.2) is 0 Å². The number of carbonyl (C=O) groups is 1. The number of rotatable bonds is 9. The predicted molar refractivity (Wildman–Crippen MR) is 111 cm³/mol. The van der Waals surface area contributed by atoms with E-state index in [4.69, 9.17) is 4.74 Å². The molecule has 3 rings (SSSR count). The number of methoxy groups -OCH3 is 1. The van der Waals surface area contributed by atoms with Gasteiger partial charge in [0.1, 0.15) is 17.3 Å². The summed E-state index contributed by atoms with van der Waals surface area (Å²) in [6.45, 7) is 0. The Morgan fingerprint density at radius 1 is 0.821 bits per heavy atom. The summed E-state index contributed by atoms with van der Waals surface area (Å²) in [4.78, 5) is 12.1. The first-order valence-corrected chi connectivity index (χ1v) is 9.64. The van der Waals surface area contributed by atoms with Gasteiger partial charge in [-0.25, -0.2) is 4.39 Å². The van der Waals surface area contributed by atoms with Gasteiger partial charge in [-0.15, -0.1) is 0 Å². The Morgan fingerprint density at radius 3 is 2.14 bits per heavy atom. The van der Waals surface area contributed by atoms with Gasteiger partial charge in [0.25, 0.3) is 0 Å². The normalized spacial score (nSPS) is 10.6. The van der Waals surface area contributed by atoms with Gasteiger partial charge < -0.3 is 4.74 Å². The summed E-state index contributed by atoms with van der Waals surface area (Å²) >= 11 is 0. The zero-order valence-corrected chi connectivity index (χ0v) is 16.2. The van der Waals surface area contributed by atoms with Crippen LogP contribution in [0.25, 0.3) is 11.1 Å². The molecule has 3 aromatic rings. The SMILES string of the molecule is COc1ccc(CCC(=O)CCCc2ccc(-c3ccccc3F)cc2)cc1. The van der Waals surface area contributed by atoms with Crippen molar-refractivity contribution in [2.45, 2.75) is 32.1 Å². The summed E-state index contributed by atoms with van der Waals surface area (Å²) in [5, 5.41) is 0. The maximum Gasteiger partial charge on any atom is 0.133 e. The number of benzene rings is 3. The number of ketones is 1. The number of hydrogen-bond acceptors (Lipinski definition) is 2. The average Bonchev–Trinajstić information content (AvgIpc) is 2.73. The highest BCUT2D eigenvalue weighted by Gasteiger charge is 2.06. The van der Waals surface area contributed by atoms with Crippen LogP contribution >= 0.6 is 0 Å². The van der Waals surface area contributed by atoms with Crippen LogP contribution in [0.5, 0.6) is 5.75 Å². The van der Waals surface area contributed by atoms with E-state index in [0.717, 1.165) is 36.1 Å². The second-order valence-electron chi connectivity index (χ2n) is 6.92. The smallest absolute Gasteiger partial charge is 0.133 e. The molecule has 0 saturated carbocycles. The highest BCUT2D eigenvalue weighted by atomic mass is 19.1. The van der Waals surface area contributed by atoms with Crippen LogP contribution in [0.4, 0.5) is 4.39 Å². The van der Waals surface area contributed by atoms with E-state index >= 15 is 0 Å². The van der Waals surface area contributed by atoms with Gasteiger partial charge in [0, 0.05) is 18.4 Å². The molecule has 0 atom stereocenters. The third-order valence-electron chi connectivity index (χ3n) is 4.91. The number of aryl methyl sites for hydroxylation is 2. The molecule has 0 spiro atoms. The van der Waals surface area contributed by atoms with E-state index in [1.807, 2.05) is 54.6 Å². The lowest BCUT2D eigenvalue weighted by atomic mass is 9.99. The molecule has 0 aliphatic carbocycles. The highest BCUT2D eigenvalue weighted by molar-refractivity contribution is 5.78. The molecule has 0 N–H and O–H groups in total. The summed E-state index contributed by atoms with van der Waals surface area (Å²) in [5.41, 5.74) is 3.81. The van der Waals surface area contributed by atoms with E-state index < -0.39 is 0 Å². The van der Waals surface area contributed by atoms with Crippen molar-refractivity contribution in [2.24, 2.45) is 0 Å². The van der Waals surface area contributed by atoms with Crippen LogP contribution in [-0.2, 0) is 17.6 Å². The van der Waals surface area contributed by atoms with Crippen molar-refractivity contribution >= 4 is 5.78 Å². The monoisotopic (exact) mass is 376 g/mol. The Hall–Kier alpha value is -2.94. The quantitative estimate of drug-likeness (QED) is 0.456. The Bertz CT molecular complexity index is 899. The summed E-state index contributed by atoms with van der Waals surface area (Å²) in [6.07, 6.45) is 3.61. The minimum absolute atomic E-state index is 0.210. The number of ether oxygens (including phenoxy) is 1. The highest BCUT2D eigenvalue weighted by Crippen LogP contribution is 2.23. The van der Waals surface area contributed by atoms with Crippen molar-refractivity contribution in [3.8, 4) is 16.9 Å². The molecule has 0 saturated heterocycles. The molecule has 0 fully saturated rings. The predicted octanol–water partition coefficient (Wildman–Crippen LogP) is 6.03. The summed E-state index contributed by atoms with van der Waals surface area (Å²) in [5.74, 6) is 0.910. The van der Waals surface area contributed by atoms with Gasteiger partial charge in [0.2, 0.25) is 0 Å². The van der Waals surface area contributed by atoms with Crippen molar-refractivity contribution in [2.75, 3.05) is 7.11 Å². The standard InChI is InChI=1S/C25H25FO2/c1-28-23-17-12-20(13-18-23)11-16-22(27)6-4-5-19-9-14-21(15-10-19)24-7-2-3-8-25(24)26/h2-3,7-10,12-15,17-18H,4-6,11,16H2,1H3. The van der Waals surface area contributed by atoms with Gasteiger partial charge in [-0.05, 0) is 54.2 Å². The van der Waals surface area contributed by atoms with Gasteiger partial charge in [-0.2, -0.15) is 0 Å². The Balaban J connectivity index is 1.43. The van der Waals surface area contributed by atoms with Crippen LogP contribution in [0.3, 0.4) is 0 Å². The second kappa shape index (κ2) is 9.84. The van der Waals surface area contributed by atoms with Crippen molar-refractivity contribution in [1.29, 1.82) is 0 Å². The summed E-state index contributed by atoms with van der Waals surface area (Å²) in [7, 11) is 1.64. The van der Waals surface area contributed by atoms with Crippen molar-refractivity contribution in [3.63, 3.8) is 0 Å². The molecule has 0 aliphatic heterocycles. The number of halogens is 1. The molecule has 0 heterocycles. The maximum atomic E-state index is 13.9. The van der Waals surface area contributed by atoms with Gasteiger partial charge in [-0.1, -0.05) is 54.6 Å². The third kappa shape index (κ3) is 5.53. The first-order chi connectivity index (χ1) is 13.7. The lowest BCUT2D eigenvalue weighted by molar-refractivity contribution is -0.119. The molecule has 28 heavy (non-hydrogen) atoms. The van der Waals surface area contributed by atoms with E-state index in [1.165, 1.54) is 11.6 Å². The molecule has 3 heteroatoms. The van der Waals surface area contributed by atoms with E-state index in [9.17, 15) is 9.18 Å². The van der Waals surface area contributed by atoms with Crippen molar-refractivity contribution < 1.29 is 13.9 Å². The van der Waals surface area contributed by atoms with Crippen LogP contribution in [0.1, 0.15) is 30.4 Å².